The molecule has 17 heavy (non-hydrogen) atoms. The molecular weight excluding hydrogens is 232 g/mol. The highest BCUT2D eigenvalue weighted by Gasteiger charge is 2.08. The van der Waals surface area contributed by atoms with Crippen molar-refractivity contribution < 1.29 is 9.90 Å². The normalized spacial score (nSPS) is 10.2. The van der Waals surface area contributed by atoms with Crippen molar-refractivity contribution in [3.05, 3.63) is 59.7 Å². The van der Waals surface area contributed by atoms with Crippen LogP contribution in [0.5, 0.6) is 5.75 Å². The highest BCUT2D eigenvalue weighted by molar-refractivity contribution is 7.98. The van der Waals surface area contributed by atoms with Gasteiger partial charge in [-0.3, -0.25) is 4.79 Å². The lowest BCUT2D eigenvalue weighted by Gasteiger charge is -2.02. The third-order valence-electron chi connectivity index (χ3n) is 2.48. The Bertz CT molecular complexity index is 515. The number of carbonyl (C=O) groups excluding carboxylic acids is 1. The van der Waals surface area contributed by atoms with Gasteiger partial charge in [-0.2, -0.15) is 0 Å². The van der Waals surface area contributed by atoms with E-state index in [1.54, 1.807) is 23.9 Å². The van der Waals surface area contributed by atoms with E-state index < -0.39 is 0 Å². The van der Waals surface area contributed by atoms with Crippen molar-refractivity contribution in [1.82, 2.24) is 0 Å². The average Bonchev–Trinajstić information content (AvgIpc) is 2.39. The molecule has 3 heteroatoms. The Labute approximate surface area is 104 Å². The number of aromatic hydroxyl groups is 1. The summed E-state index contributed by atoms with van der Waals surface area (Å²) in [4.78, 5) is 13.2. The molecule has 86 valence electrons. The topological polar surface area (TPSA) is 37.3 Å². The Morgan fingerprint density at radius 3 is 1.88 bits per heavy atom. The van der Waals surface area contributed by atoms with Crippen LogP contribution in [0.15, 0.2) is 53.4 Å². The number of hydrogen-bond acceptors (Lipinski definition) is 3. The number of thioether (sulfide) groups is 1. The van der Waals surface area contributed by atoms with Crippen LogP contribution in [0.25, 0.3) is 0 Å². The van der Waals surface area contributed by atoms with Crippen molar-refractivity contribution in [1.29, 1.82) is 0 Å². The molecule has 0 heterocycles. The van der Waals surface area contributed by atoms with Crippen LogP contribution < -0.4 is 0 Å². The molecule has 0 fully saturated rings. The highest BCUT2D eigenvalue weighted by Crippen LogP contribution is 2.18. The average molecular weight is 244 g/mol. The van der Waals surface area contributed by atoms with E-state index in [9.17, 15) is 4.79 Å². The summed E-state index contributed by atoms with van der Waals surface area (Å²) in [6.07, 6.45) is 2.00. The number of ketones is 1. The Morgan fingerprint density at radius 1 is 0.941 bits per heavy atom. The lowest BCUT2D eigenvalue weighted by Crippen LogP contribution is -2.00. The number of carbonyl (C=O) groups is 1. The zero-order valence-corrected chi connectivity index (χ0v) is 10.2. The first-order chi connectivity index (χ1) is 8.20. The van der Waals surface area contributed by atoms with Gasteiger partial charge in [-0.05, 0) is 54.8 Å². The van der Waals surface area contributed by atoms with Crippen molar-refractivity contribution in [3.63, 3.8) is 0 Å². The maximum Gasteiger partial charge on any atom is 0.193 e. The lowest BCUT2D eigenvalue weighted by molar-refractivity contribution is 0.103. The number of benzene rings is 2. The molecule has 0 aromatic heterocycles. The molecular formula is C14H12O2S. The predicted molar refractivity (Wildman–Crippen MR) is 69.8 cm³/mol. The maximum atomic E-state index is 12.1. The third-order valence-corrected chi connectivity index (χ3v) is 3.23. The van der Waals surface area contributed by atoms with Crippen LogP contribution in [0.2, 0.25) is 0 Å². The quantitative estimate of drug-likeness (QED) is 0.664. The molecule has 0 aliphatic heterocycles. The van der Waals surface area contributed by atoms with Crippen LogP contribution in [-0.4, -0.2) is 17.1 Å². The summed E-state index contributed by atoms with van der Waals surface area (Å²) in [7, 11) is 0. The first-order valence-corrected chi connectivity index (χ1v) is 6.41. The number of phenols is 1. The van der Waals surface area contributed by atoms with Gasteiger partial charge in [0.25, 0.3) is 0 Å². The smallest absolute Gasteiger partial charge is 0.193 e. The lowest BCUT2D eigenvalue weighted by atomic mass is 10.0. The highest BCUT2D eigenvalue weighted by atomic mass is 32.2. The second kappa shape index (κ2) is 5.06. The molecule has 2 aromatic rings. The summed E-state index contributed by atoms with van der Waals surface area (Å²) in [5.74, 6) is 0.136. The molecule has 0 atom stereocenters. The predicted octanol–water partition coefficient (Wildman–Crippen LogP) is 3.35. The van der Waals surface area contributed by atoms with Crippen LogP contribution in [0.4, 0.5) is 0 Å². The largest absolute Gasteiger partial charge is 0.508 e. The van der Waals surface area contributed by atoms with Gasteiger partial charge in [-0.15, -0.1) is 11.8 Å². The van der Waals surface area contributed by atoms with Gasteiger partial charge in [-0.1, -0.05) is 0 Å². The van der Waals surface area contributed by atoms with Crippen molar-refractivity contribution in [2.24, 2.45) is 0 Å². The van der Waals surface area contributed by atoms with Crippen molar-refractivity contribution in [3.8, 4) is 5.75 Å². The van der Waals surface area contributed by atoms with Crippen LogP contribution in [0, 0.1) is 0 Å². The molecule has 0 radical (unpaired) electrons. The Kier molecular flexibility index (Phi) is 3.49. The minimum absolute atomic E-state index is 0.0300. The minimum Gasteiger partial charge on any atom is -0.508 e. The van der Waals surface area contributed by atoms with Crippen LogP contribution in [0.1, 0.15) is 15.9 Å². The first-order valence-electron chi connectivity index (χ1n) is 5.18. The van der Waals surface area contributed by atoms with E-state index >= 15 is 0 Å². The third kappa shape index (κ3) is 2.68. The van der Waals surface area contributed by atoms with Crippen molar-refractivity contribution >= 4 is 17.5 Å². The van der Waals surface area contributed by atoms with Gasteiger partial charge in [0.2, 0.25) is 0 Å². The van der Waals surface area contributed by atoms with Crippen molar-refractivity contribution in [2.45, 2.75) is 4.90 Å². The number of rotatable bonds is 3. The van der Waals surface area contributed by atoms with Gasteiger partial charge in [0, 0.05) is 16.0 Å². The summed E-state index contributed by atoms with van der Waals surface area (Å²) in [6, 6.07) is 13.8. The second-order valence-electron chi connectivity index (χ2n) is 3.60. The zero-order valence-electron chi connectivity index (χ0n) is 9.38. The Morgan fingerprint density at radius 2 is 1.41 bits per heavy atom. The SMILES string of the molecule is CSc1ccc(C(=O)c2ccc(O)cc2)cc1. The minimum atomic E-state index is -0.0300. The van der Waals surface area contributed by atoms with E-state index in [2.05, 4.69) is 0 Å². The van der Waals surface area contributed by atoms with Gasteiger partial charge in [0.05, 0.1) is 0 Å². The molecule has 1 N–H and O–H groups in total. The zero-order chi connectivity index (χ0) is 12.3. The summed E-state index contributed by atoms with van der Waals surface area (Å²) in [6.45, 7) is 0. The van der Waals surface area contributed by atoms with Gasteiger partial charge >= 0.3 is 0 Å². The van der Waals surface area contributed by atoms with Crippen LogP contribution in [-0.2, 0) is 0 Å². The van der Waals surface area contributed by atoms with Crippen LogP contribution in [0.3, 0.4) is 0 Å². The van der Waals surface area contributed by atoms with Crippen molar-refractivity contribution in [2.75, 3.05) is 6.26 Å². The van der Waals surface area contributed by atoms with E-state index in [4.69, 9.17) is 5.11 Å². The van der Waals surface area contributed by atoms with Gasteiger partial charge in [0.15, 0.2) is 5.78 Å². The molecule has 0 saturated carbocycles. The Hall–Kier alpha value is -1.74. The molecule has 2 nitrogen and oxygen atoms in total. The molecule has 0 spiro atoms. The molecule has 0 amide bonds. The molecule has 2 aromatic carbocycles. The summed E-state index contributed by atoms with van der Waals surface area (Å²) in [5, 5.41) is 9.16. The molecule has 0 aliphatic rings. The van der Waals surface area contributed by atoms with E-state index in [-0.39, 0.29) is 11.5 Å². The van der Waals surface area contributed by atoms with E-state index in [0.717, 1.165) is 4.90 Å². The molecule has 0 saturated heterocycles. The van der Waals surface area contributed by atoms with E-state index in [1.807, 2.05) is 30.5 Å². The maximum absolute atomic E-state index is 12.1. The van der Waals surface area contributed by atoms with E-state index in [0.29, 0.717) is 11.1 Å². The molecule has 0 unspecified atom stereocenters. The fourth-order valence-corrected chi connectivity index (χ4v) is 1.93. The van der Waals surface area contributed by atoms with Gasteiger partial charge < -0.3 is 5.11 Å². The summed E-state index contributed by atoms with van der Waals surface area (Å²) in [5.41, 5.74) is 1.24. The molecule has 2 rings (SSSR count). The summed E-state index contributed by atoms with van der Waals surface area (Å²) < 4.78 is 0. The van der Waals surface area contributed by atoms with E-state index in [1.165, 1.54) is 12.1 Å². The molecule has 0 aliphatic carbocycles. The van der Waals surface area contributed by atoms with Gasteiger partial charge in [-0.25, -0.2) is 0 Å². The van der Waals surface area contributed by atoms with Gasteiger partial charge in [0.1, 0.15) is 5.75 Å². The fourth-order valence-electron chi connectivity index (χ4n) is 1.52. The number of phenolic OH excluding ortho intramolecular Hbond substituents is 1. The fraction of sp³-hybridized carbons (Fsp3) is 0.0714. The monoisotopic (exact) mass is 244 g/mol. The molecule has 0 bridgehead atoms. The first kappa shape index (κ1) is 11.7. The second-order valence-corrected chi connectivity index (χ2v) is 4.48. The summed E-state index contributed by atoms with van der Waals surface area (Å²) >= 11 is 1.64. The Balaban J connectivity index is 2.27. The number of hydrogen-bond donors (Lipinski definition) is 1. The standard InChI is InChI=1S/C14H12O2S/c1-17-13-8-4-11(5-9-13)14(16)10-2-6-12(15)7-3-10/h2-9,15H,1H3. The van der Waals surface area contributed by atoms with Crippen LogP contribution >= 0.6 is 11.8 Å².